The van der Waals surface area contributed by atoms with Crippen LogP contribution in [-0.4, -0.2) is 28.1 Å². The molecule has 1 aromatic rings. The highest BCUT2D eigenvalue weighted by molar-refractivity contribution is 5.68. The van der Waals surface area contributed by atoms with E-state index in [2.05, 4.69) is 11.1 Å². The van der Waals surface area contributed by atoms with Crippen LogP contribution in [-0.2, 0) is 17.7 Å². The van der Waals surface area contributed by atoms with Crippen LogP contribution in [0.25, 0.3) is 0 Å². The van der Waals surface area contributed by atoms with Crippen molar-refractivity contribution in [3.63, 3.8) is 0 Å². The number of carbonyl (C=O) groups is 1. The zero-order chi connectivity index (χ0) is 12.6. The van der Waals surface area contributed by atoms with Gasteiger partial charge in [-0.3, -0.25) is 0 Å². The number of aromatic nitrogens is 1. The fourth-order valence-electron chi connectivity index (χ4n) is 2.07. The molecule has 4 heteroatoms. The Morgan fingerprint density at radius 1 is 1.47 bits per heavy atom. The summed E-state index contributed by atoms with van der Waals surface area (Å²) in [4.78, 5) is 17.0. The summed E-state index contributed by atoms with van der Waals surface area (Å²) in [6.07, 6.45) is 0.675. The lowest BCUT2D eigenvalue weighted by molar-refractivity contribution is 0.0221. The van der Waals surface area contributed by atoms with Crippen LogP contribution in [0.5, 0.6) is 0 Å². The zero-order valence-electron chi connectivity index (χ0n) is 11.0. The van der Waals surface area contributed by atoms with Crippen molar-refractivity contribution >= 4 is 6.09 Å². The van der Waals surface area contributed by atoms with Gasteiger partial charge in [-0.15, -0.1) is 0 Å². The lowest BCUT2D eigenvalue weighted by Crippen LogP contribution is -2.39. The summed E-state index contributed by atoms with van der Waals surface area (Å²) < 4.78 is 5.37. The van der Waals surface area contributed by atoms with Gasteiger partial charge in [-0.25, -0.2) is 4.79 Å². The number of nitrogens with zero attached hydrogens (tertiary/aromatic N) is 1. The van der Waals surface area contributed by atoms with Gasteiger partial charge in [-0.05, 0) is 45.7 Å². The lowest BCUT2D eigenvalue weighted by atomic mass is 10.1. The number of carbonyl (C=O) groups excluding carboxylic acids is 1. The molecule has 17 heavy (non-hydrogen) atoms. The van der Waals surface area contributed by atoms with Crippen molar-refractivity contribution in [1.29, 1.82) is 0 Å². The largest absolute Gasteiger partial charge is 0.444 e. The van der Waals surface area contributed by atoms with E-state index in [1.165, 1.54) is 5.56 Å². The Balaban J connectivity index is 2.05. The van der Waals surface area contributed by atoms with Crippen molar-refractivity contribution in [2.45, 2.75) is 46.3 Å². The number of ether oxygens (including phenoxy) is 1. The summed E-state index contributed by atoms with van der Waals surface area (Å²) in [7, 11) is 0. The number of amides is 1. The normalized spacial score (nSPS) is 15.6. The number of hydrogen-bond donors (Lipinski definition) is 1. The summed E-state index contributed by atoms with van der Waals surface area (Å²) in [5.41, 5.74) is 3.19. The maximum atomic E-state index is 11.9. The third-order valence-corrected chi connectivity index (χ3v) is 2.78. The Bertz CT molecular complexity index is 429. The molecule has 0 spiro atoms. The molecule has 0 aromatic carbocycles. The van der Waals surface area contributed by atoms with Crippen LogP contribution < -0.4 is 0 Å². The van der Waals surface area contributed by atoms with E-state index in [1.54, 1.807) is 4.90 Å². The van der Waals surface area contributed by atoms with E-state index in [-0.39, 0.29) is 6.09 Å². The molecule has 0 radical (unpaired) electrons. The number of aryl methyl sites for hydroxylation is 1. The molecule has 0 fully saturated rings. The first-order valence-corrected chi connectivity index (χ1v) is 6.00. The Kier molecular flexibility index (Phi) is 2.89. The van der Waals surface area contributed by atoms with Crippen molar-refractivity contribution in [2.24, 2.45) is 0 Å². The Morgan fingerprint density at radius 2 is 2.18 bits per heavy atom. The van der Waals surface area contributed by atoms with Crippen LogP contribution in [0.3, 0.4) is 0 Å². The summed E-state index contributed by atoms with van der Waals surface area (Å²) >= 11 is 0. The van der Waals surface area contributed by atoms with Crippen LogP contribution in [0.2, 0.25) is 0 Å². The average Bonchev–Trinajstić information content (AvgIpc) is 2.53. The third kappa shape index (κ3) is 2.81. The topological polar surface area (TPSA) is 45.3 Å². The molecule has 1 aromatic heterocycles. The monoisotopic (exact) mass is 236 g/mol. The highest BCUT2D eigenvalue weighted by Gasteiger charge is 2.26. The number of hydrogen-bond acceptors (Lipinski definition) is 2. The minimum absolute atomic E-state index is 0.226. The maximum Gasteiger partial charge on any atom is 0.410 e. The van der Waals surface area contributed by atoms with E-state index < -0.39 is 5.60 Å². The fourth-order valence-corrected chi connectivity index (χ4v) is 2.07. The van der Waals surface area contributed by atoms with Crippen molar-refractivity contribution in [1.82, 2.24) is 9.88 Å². The number of aromatic amines is 1. The highest BCUT2D eigenvalue weighted by atomic mass is 16.6. The van der Waals surface area contributed by atoms with E-state index in [4.69, 9.17) is 4.74 Å². The molecule has 2 rings (SSSR count). The number of fused-ring (bicyclic) bond motifs is 1. The summed E-state index contributed by atoms with van der Waals surface area (Å²) in [6, 6.07) is 2.15. The molecule has 0 unspecified atom stereocenters. The Hall–Kier alpha value is -1.45. The SMILES string of the molecule is Cc1cc2c([nH]1)CN(C(=O)OC(C)(C)C)CC2. The molecule has 0 bridgehead atoms. The van der Waals surface area contributed by atoms with Crippen LogP contribution in [0, 0.1) is 6.92 Å². The fraction of sp³-hybridized carbons (Fsp3) is 0.615. The van der Waals surface area contributed by atoms with Gasteiger partial charge in [-0.2, -0.15) is 0 Å². The first kappa shape index (κ1) is 12.0. The molecular weight excluding hydrogens is 216 g/mol. The van der Waals surface area contributed by atoms with Crippen LogP contribution in [0.1, 0.15) is 37.7 Å². The van der Waals surface area contributed by atoms with E-state index >= 15 is 0 Å². The molecule has 0 saturated carbocycles. The second kappa shape index (κ2) is 4.09. The van der Waals surface area contributed by atoms with Crippen LogP contribution in [0.15, 0.2) is 6.07 Å². The number of H-pyrrole nitrogens is 1. The molecule has 94 valence electrons. The van der Waals surface area contributed by atoms with E-state index in [0.717, 1.165) is 24.4 Å². The van der Waals surface area contributed by atoms with Gasteiger partial charge in [0.1, 0.15) is 5.60 Å². The van der Waals surface area contributed by atoms with Crippen molar-refractivity contribution in [3.05, 3.63) is 23.0 Å². The first-order valence-electron chi connectivity index (χ1n) is 6.00. The quantitative estimate of drug-likeness (QED) is 0.752. The lowest BCUT2D eigenvalue weighted by Gasteiger charge is -2.29. The van der Waals surface area contributed by atoms with Gasteiger partial charge in [0, 0.05) is 17.9 Å². The molecular formula is C13H20N2O2. The highest BCUT2D eigenvalue weighted by Crippen LogP contribution is 2.21. The summed E-state index contributed by atoms with van der Waals surface area (Å²) in [5.74, 6) is 0. The third-order valence-electron chi connectivity index (χ3n) is 2.78. The van der Waals surface area contributed by atoms with Crippen molar-refractivity contribution in [2.75, 3.05) is 6.54 Å². The molecule has 0 aliphatic carbocycles. The predicted octanol–water partition coefficient (Wildman–Crippen LogP) is 2.62. The Morgan fingerprint density at radius 3 is 2.82 bits per heavy atom. The second-order valence-electron chi connectivity index (χ2n) is 5.61. The molecule has 1 amide bonds. The smallest absolute Gasteiger partial charge is 0.410 e. The summed E-state index contributed by atoms with van der Waals surface area (Å²) in [5, 5.41) is 0. The van der Waals surface area contributed by atoms with Crippen molar-refractivity contribution < 1.29 is 9.53 Å². The van der Waals surface area contributed by atoms with E-state index in [1.807, 2.05) is 27.7 Å². The van der Waals surface area contributed by atoms with Gasteiger partial charge in [-0.1, -0.05) is 0 Å². The van der Waals surface area contributed by atoms with E-state index in [9.17, 15) is 4.79 Å². The number of nitrogens with one attached hydrogen (secondary N) is 1. The average molecular weight is 236 g/mol. The summed E-state index contributed by atoms with van der Waals surface area (Å²) in [6.45, 7) is 9.06. The molecule has 2 heterocycles. The van der Waals surface area contributed by atoms with E-state index in [0.29, 0.717) is 6.54 Å². The molecule has 1 aliphatic rings. The van der Waals surface area contributed by atoms with Gasteiger partial charge in [0.05, 0.1) is 6.54 Å². The first-order chi connectivity index (χ1) is 7.85. The van der Waals surface area contributed by atoms with Crippen LogP contribution >= 0.6 is 0 Å². The molecule has 0 saturated heterocycles. The minimum atomic E-state index is -0.428. The minimum Gasteiger partial charge on any atom is -0.444 e. The van der Waals surface area contributed by atoms with Gasteiger partial charge >= 0.3 is 6.09 Å². The molecule has 4 nitrogen and oxygen atoms in total. The van der Waals surface area contributed by atoms with Gasteiger partial charge in [0.2, 0.25) is 0 Å². The van der Waals surface area contributed by atoms with Gasteiger partial charge < -0.3 is 14.6 Å². The van der Waals surface area contributed by atoms with Crippen molar-refractivity contribution in [3.8, 4) is 0 Å². The maximum absolute atomic E-state index is 11.9. The zero-order valence-corrected chi connectivity index (χ0v) is 11.0. The molecule has 1 N–H and O–H groups in total. The van der Waals surface area contributed by atoms with Gasteiger partial charge in [0.25, 0.3) is 0 Å². The predicted molar refractivity (Wildman–Crippen MR) is 65.9 cm³/mol. The standard InChI is InChI=1S/C13H20N2O2/c1-9-7-10-5-6-15(8-11(10)14-9)12(16)17-13(2,3)4/h7,14H,5-6,8H2,1-4H3. The molecule has 0 atom stereocenters. The Labute approximate surface area is 102 Å². The second-order valence-corrected chi connectivity index (χ2v) is 5.61. The number of rotatable bonds is 0. The molecule has 1 aliphatic heterocycles. The van der Waals surface area contributed by atoms with Crippen LogP contribution in [0.4, 0.5) is 4.79 Å². The van der Waals surface area contributed by atoms with Gasteiger partial charge in [0.15, 0.2) is 0 Å².